The second-order valence-electron chi connectivity index (χ2n) is 5.32. The molecule has 1 aromatic carbocycles. The van der Waals surface area contributed by atoms with E-state index in [1.54, 1.807) is 19.1 Å². The SMILES string of the molecule is CC(Oc1ccccc1F)C(=O)Nc1onc2c1CCCC2. The number of nitrogens with zero attached hydrogens (tertiary/aromatic N) is 1. The minimum atomic E-state index is -0.846. The number of hydrogen-bond acceptors (Lipinski definition) is 4. The maximum Gasteiger partial charge on any atom is 0.267 e. The van der Waals surface area contributed by atoms with E-state index < -0.39 is 17.8 Å². The Kier molecular flexibility index (Phi) is 4.09. The Morgan fingerprint density at radius 3 is 2.95 bits per heavy atom. The molecule has 1 aliphatic carbocycles. The largest absolute Gasteiger partial charge is 0.478 e. The van der Waals surface area contributed by atoms with Crippen LogP contribution in [0.25, 0.3) is 0 Å². The highest BCUT2D eigenvalue weighted by atomic mass is 19.1. The first-order valence-electron chi connectivity index (χ1n) is 7.34. The lowest BCUT2D eigenvalue weighted by Crippen LogP contribution is -2.30. The number of amides is 1. The number of aromatic nitrogens is 1. The third-order valence-electron chi connectivity index (χ3n) is 3.71. The van der Waals surface area contributed by atoms with Gasteiger partial charge in [-0.2, -0.15) is 0 Å². The second kappa shape index (κ2) is 6.17. The predicted molar refractivity (Wildman–Crippen MR) is 78.3 cm³/mol. The van der Waals surface area contributed by atoms with Crippen LogP contribution in [0, 0.1) is 5.82 Å². The number of carbonyl (C=O) groups excluding carboxylic acids is 1. The Hall–Kier alpha value is -2.37. The average Bonchev–Trinajstić information content (AvgIpc) is 2.93. The summed E-state index contributed by atoms with van der Waals surface area (Å²) in [6.45, 7) is 1.56. The van der Waals surface area contributed by atoms with E-state index in [1.165, 1.54) is 12.1 Å². The number of aryl methyl sites for hydroxylation is 1. The highest BCUT2D eigenvalue weighted by Crippen LogP contribution is 2.27. The van der Waals surface area contributed by atoms with Crippen LogP contribution in [0.1, 0.15) is 31.0 Å². The van der Waals surface area contributed by atoms with E-state index >= 15 is 0 Å². The van der Waals surface area contributed by atoms with E-state index in [1.807, 2.05) is 0 Å². The molecular weight excluding hydrogens is 287 g/mol. The fourth-order valence-electron chi connectivity index (χ4n) is 2.49. The molecule has 0 saturated heterocycles. The molecule has 116 valence electrons. The van der Waals surface area contributed by atoms with Crippen molar-refractivity contribution in [3.05, 3.63) is 41.3 Å². The molecule has 1 N–H and O–H groups in total. The minimum Gasteiger partial charge on any atom is -0.478 e. The van der Waals surface area contributed by atoms with E-state index in [0.29, 0.717) is 5.88 Å². The molecule has 0 fully saturated rings. The number of ether oxygens (including phenoxy) is 1. The maximum absolute atomic E-state index is 13.5. The van der Waals surface area contributed by atoms with Gasteiger partial charge in [0, 0.05) is 5.56 Å². The quantitative estimate of drug-likeness (QED) is 0.942. The zero-order valence-corrected chi connectivity index (χ0v) is 12.3. The van der Waals surface area contributed by atoms with Crippen molar-refractivity contribution >= 4 is 11.8 Å². The summed E-state index contributed by atoms with van der Waals surface area (Å²) in [4.78, 5) is 12.2. The highest BCUT2D eigenvalue weighted by molar-refractivity contribution is 5.93. The van der Waals surface area contributed by atoms with Crippen LogP contribution in [-0.4, -0.2) is 17.2 Å². The van der Waals surface area contributed by atoms with E-state index in [4.69, 9.17) is 9.26 Å². The fourth-order valence-corrected chi connectivity index (χ4v) is 2.49. The summed E-state index contributed by atoms with van der Waals surface area (Å²) in [5, 5.41) is 6.65. The van der Waals surface area contributed by atoms with Gasteiger partial charge in [-0.1, -0.05) is 17.3 Å². The summed E-state index contributed by atoms with van der Waals surface area (Å²) in [6.07, 6.45) is 3.01. The van der Waals surface area contributed by atoms with E-state index in [2.05, 4.69) is 10.5 Å². The molecule has 6 heteroatoms. The Morgan fingerprint density at radius 2 is 2.14 bits per heavy atom. The van der Waals surface area contributed by atoms with Crippen molar-refractivity contribution in [2.45, 2.75) is 38.7 Å². The molecule has 0 bridgehead atoms. The minimum absolute atomic E-state index is 0.0461. The molecule has 1 unspecified atom stereocenters. The van der Waals surface area contributed by atoms with Gasteiger partial charge in [0.1, 0.15) is 0 Å². The topological polar surface area (TPSA) is 64.4 Å². The van der Waals surface area contributed by atoms with E-state index in [-0.39, 0.29) is 5.75 Å². The van der Waals surface area contributed by atoms with Gasteiger partial charge in [-0.05, 0) is 44.7 Å². The summed E-state index contributed by atoms with van der Waals surface area (Å²) < 4.78 is 24.1. The van der Waals surface area contributed by atoms with Gasteiger partial charge in [-0.15, -0.1) is 0 Å². The summed E-state index contributed by atoms with van der Waals surface area (Å²) in [6, 6.07) is 5.98. The van der Waals surface area contributed by atoms with Gasteiger partial charge in [0.25, 0.3) is 5.91 Å². The van der Waals surface area contributed by atoms with Crippen LogP contribution in [-0.2, 0) is 17.6 Å². The monoisotopic (exact) mass is 304 g/mol. The summed E-state index contributed by atoms with van der Waals surface area (Å²) in [5.74, 6) is -0.472. The van der Waals surface area contributed by atoms with Crippen molar-refractivity contribution in [2.24, 2.45) is 0 Å². The number of benzene rings is 1. The summed E-state index contributed by atoms with van der Waals surface area (Å²) >= 11 is 0. The van der Waals surface area contributed by atoms with Gasteiger partial charge in [0.05, 0.1) is 5.69 Å². The molecule has 22 heavy (non-hydrogen) atoms. The molecule has 0 saturated carbocycles. The first-order chi connectivity index (χ1) is 10.6. The molecule has 0 radical (unpaired) electrons. The summed E-state index contributed by atoms with van der Waals surface area (Å²) in [7, 11) is 0. The molecule has 5 nitrogen and oxygen atoms in total. The smallest absolute Gasteiger partial charge is 0.267 e. The Morgan fingerprint density at radius 1 is 1.36 bits per heavy atom. The lowest BCUT2D eigenvalue weighted by molar-refractivity contribution is -0.122. The van der Waals surface area contributed by atoms with Crippen molar-refractivity contribution < 1.29 is 18.4 Å². The number of anilines is 1. The number of hydrogen-bond donors (Lipinski definition) is 1. The van der Waals surface area contributed by atoms with E-state index in [9.17, 15) is 9.18 Å². The number of fused-ring (bicyclic) bond motifs is 1. The molecule has 0 spiro atoms. The lowest BCUT2D eigenvalue weighted by atomic mass is 9.98. The predicted octanol–water partition coefficient (Wildman–Crippen LogP) is 3.10. The first kappa shape index (κ1) is 14.6. The zero-order valence-electron chi connectivity index (χ0n) is 12.3. The van der Waals surface area contributed by atoms with Crippen LogP contribution < -0.4 is 10.1 Å². The van der Waals surface area contributed by atoms with Crippen molar-refractivity contribution in [3.63, 3.8) is 0 Å². The fraction of sp³-hybridized carbons (Fsp3) is 0.375. The normalized spacial score (nSPS) is 15.0. The number of nitrogens with one attached hydrogen (secondary N) is 1. The number of rotatable bonds is 4. The highest BCUT2D eigenvalue weighted by Gasteiger charge is 2.23. The molecule has 1 amide bonds. The molecule has 1 atom stereocenters. The van der Waals surface area contributed by atoms with Crippen LogP contribution in [0.2, 0.25) is 0 Å². The average molecular weight is 304 g/mol. The molecule has 3 rings (SSSR count). The number of halogens is 1. The van der Waals surface area contributed by atoms with Crippen LogP contribution in [0.15, 0.2) is 28.8 Å². The van der Waals surface area contributed by atoms with Crippen molar-refractivity contribution in [2.75, 3.05) is 5.32 Å². The molecule has 0 aliphatic heterocycles. The molecule has 1 aliphatic rings. The molecule has 2 aromatic rings. The van der Waals surface area contributed by atoms with Gasteiger partial charge in [-0.3, -0.25) is 10.1 Å². The molecule has 1 heterocycles. The Balaban J connectivity index is 1.67. The van der Waals surface area contributed by atoms with Gasteiger partial charge in [-0.25, -0.2) is 4.39 Å². The van der Waals surface area contributed by atoms with Crippen LogP contribution >= 0.6 is 0 Å². The van der Waals surface area contributed by atoms with Crippen molar-refractivity contribution in [1.82, 2.24) is 5.16 Å². The van der Waals surface area contributed by atoms with Crippen molar-refractivity contribution in [1.29, 1.82) is 0 Å². The Bertz CT molecular complexity index is 684. The number of carbonyl (C=O) groups is 1. The van der Waals surface area contributed by atoms with Gasteiger partial charge < -0.3 is 9.26 Å². The summed E-state index contributed by atoms with van der Waals surface area (Å²) in [5.41, 5.74) is 1.86. The van der Waals surface area contributed by atoms with Gasteiger partial charge in [0.15, 0.2) is 17.7 Å². The maximum atomic E-state index is 13.5. The molecular formula is C16H17FN2O3. The van der Waals surface area contributed by atoms with Crippen LogP contribution in [0.3, 0.4) is 0 Å². The van der Waals surface area contributed by atoms with Gasteiger partial charge >= 0.3 is 0 Å². The van der Waals surface area contributed by atoms with Gasteiger partial charge in [0.2, 0.25) is 5.88 Å². The Labute approximate surface area is 127 Å². The third-order valence-corrected chi connectivity index (χ3v) is 3.71. The van der Waals surface area contributed by atoms with Crippen molar-refractivity contribution in [3.8, 4) is 5.75 Å². The molecule has 1 aromatic heterocycles. The number of para-hydroxylation sites is 1. The van der Waals surface area contributed by atoms with Crippen LogP contribution in [0.5, 0.6) is 5.75 Å². The standard InChI is InChI=1S/C16H17FN2O3/c1-10(21-14-9-5-3-7-12(14)17)15(20)18-16-11-6-2-4-8-13(11)19-22-16/h3,5,7,9-10H,2,4,6,8H2,1H3,(H,18,20). The first-order valence-corrected chi connectivity index (χ1v) is 7.34. The second-order valence-corrected chi connectivity index (χ2v) is 5.32. The zero-order chi connectivity index (χ0) is 15.5. The third kappa shape index (κ3) is 2.95. The van der Waals surface area contributed by atoms with Crippen LogP contribution in [0.4, 0.5) is 10.3 Å². The van der Waals surface area contributed by atoms with E-state index in [0.717, 1.165) is 36.9 Å². The lowest BCUT2D eigenvalue weighted by Gasteiger charge is -2.15.